The van der Waals surface area contributed by atoms with E-state index in [2.05, 4.69) is 20.9 Å². The number of hydrogen-bond donors (Lipinski definition) is 2. The van der Waals surface area contributed by atoms with Crippen molar-refractivity contribution in [3.05, 3.63) is 22.3 Å². The monoisotopic (exact) mass is 272 g/mol. The maximum atomic E-state index is 9.42. The van der Waals surface area contributed by atoms with Gasteiger partial charge in [-0.25, -0.2) is 4.98 Å². The number of nitrogens with zero attached hydrogens (tertiary/aromatic N) is 2. The Kier molecular flexibility index (Phi) is 2.95. The summed E-state index contributed by atoms with van der Waals surface area (Å²) in [5.41, 5.74) is 0.906. The van der Waals surface area contributed by atoms with Gasteiger partial charge in [-0.15, -0.1) is 0 Å². The summed E-state index contributed by atoms with van der Waals surface area (Å²) in [6, 6.07) is 3.80. The Morgan fingerprint density at radius 2 is 1.93 bits per heavy atom. The maximum absolute atomic E-state index is 9.42. The van der Waals surface area contributed by atoms with E-state index in [1.165, 1.54) is 0 Å². The summed E-state index contributed by atoms with van der Waals surface area (Å²) in [5.74, 6) is 0.798. The summed E-state index contributed by atoms with van der Waals surface area (Å²) in [4.78, 5) is 6.26. The van der Waals surface area contributed by atoms with Crippen molar-refractivity contribution in [2.24, 2.45) is 0 Å². The zero-order valence-electron chi connectivity index (χ0n) is 8.39. The Bertz CT molecular complexity index is 362. The van der Waals surface area contributed by atoms with E-state index >= 15 is 0 Å². The van der Waals surface area contributed by atoms with Crippen molar-refractivity contribution >= 4 is 21.7 Å². The molecule has 1 aliphatic rings. The van der Waals surface area contributed by atoms with Crippen LogP contribution in [0.1, 0.15) is 5.69 Å². The highest BCUT2D eigenvalue weighted by molar-refractivity contribution is 9.10. The topological polar surface area (TPSA) is 56.6 Å². The molecule has 0 aliphatic carbocycles. The quantitative estimate of drug-likeness (QED) is 0.790. The molecule has 4 nitrogen and oxygen atoms in total. The second-order valence-electron chi connectivity index (χ2n) is 3.78. The first-order valence-corrected chi connectivity index (χ1v) is 5.61. The Balaban J connectivity index is 2.20. The van der Waals surface area contributed by atoms with Gasteiger partial charge in [0.05, 0.1) is 17.9 Å². The van der Waals surface area contributed by atoms with Crippen molar-refractivity contribution in [1.29, 1.82) is 0 Å². The highest BCUT2D eigenvalue weighted by Crippen LogP contribution is 2.22. The van der Waals surface area contributed by atoms with E-state index in [-0.39, 0.29) is 0 Å². The molecule has 0 saturated carbocycles. The minimum Gasteiger partial charge on any atom is -0.389 e. The van der Waals surface area contributed by atoms with Crippen LogP contribution in [0.5, 0.6) is 0 Å². The zero-order chi connectivity index (χ0) is 11.0. The molecule has 0 radical (unpaired) electrons. The van der Waals surface area contributed by atoms with E-state index in [0.29, 0.717) is 13.1 Å². The SMILES string of the molecule is Cc1nc(N2CC(O)C(O)C2)ccc1Br. The highest BCUT2D eigenvalue weighted by atomic mass is 79.9. The van der Waals surface area contributed by atoms with E-state index in [1.54, 1.807) is 0 Å². The van der Waals surface area contributed by atoms with Crippen molar-refractivity contribution in [3.63, 3.8) is 0 Å². The fourth-order valence-electron chi connectivity index (χ4n) is 1.66. The number of β-amino-alcohol motifs (C(OH)–C–C–N with tert-alkyl or cyclic N) is 2. The zero-order valence-corrected chi connectivity index (χ0v) is 9.98. The van der Waals surface area contributed by atoms with Crippen LogP contribution in [0.25, 0.3) is 0 Å². The molecule has 2 N–H and O–H groups in total. The number of aliphatic hydroxyl groups is 2. The minimum absolute atomic E-state index is 0.440. The van der Waals surface area contributed by atoms with E-state index < -0.39 is 12.2 Å². The average molecular weight is 273 g/mol. The third-order valence-electron chi connectivity index (χ3n) is 2.59. The van der Waals surface area contributed by atoms with Crippen LogP contribution in [0.2, 0.25) is 0 Å². The molecule has 0 bridgehead atoms. The van der Waals surface area contributed by atoms with Crippen molar-refractivity contribution in [1.82, 2.24) is 4.98 Å². The van der Waals surface area contributed by atoms with E-state index in [0.717, 1.165) is 16.0 Å². The van der Waals surface area contributed by atoms with Gasteiger partial charge in [0.25, 0.3) is 0 Å². The largest absolute Gasteiger partial charge is 0.389 e. The molecule has 1 aromatic heterocycles. The van der Waals surface area contributed by atoms with E-state index in [9.17, 15) is 10.2 Å². The van der Waals surface area contributed by atoms with Crippen molar-refractivity contribution < 1.29 is 10.2 Å². The van der Waals surface area contributed by atoms with Crippen LogP contribution in [-0.4, -0.2) is 40.5 Å². The number of halogens is 1. The summed E-state index contributed by atoms with van der Waals surface area (Å²) < 4.78 is 0.964. The number of hydrogen-bond acceptors (Lipinski definition) is 4. The lowest BCUT2D eigenvalue weighted by molar-refractivity contribution is 0.0572. The predicted molar refractivity (Wildman–Crippen MR) is 60.9 cm³/mol. The highest BCUT2D eigenvalue weighted by Gasteiger charge is 2.30. The van der Waals surface area contributed by atoms with Gasteiger partial charge in [0.1, 0.15) is 5.82 Å². The van der Waals surface area contributed by atoms with Crippen molar-refractivity contribution in [2.75, 3.05) is 18.0 Å². The normalized spacial score (nSPS) is 26.0. The van der Waals surface area contributed by atoms with Crippen LogP contribution in [-0.2, 0) is 0 Å². The third-order valence-corrected chi connectivity index (χ3v) is 3.43. The van der Waals surface area contributed by atoms with Gasteiger partial charge in [0, 0.05) is 17.6 Å². The summed E-state index contributed by atoms with van der Waals surface area (Å²) in [6.45, 7) is 2.79. The van der Waals surface area contributed by atoms with Gasteiger partial charge in [-0.2, -0.15) is 0 Å². The predicted octanol–water partition coefficient (Wildman–Crippen LogP) is 0.694. The first-order chi connectivity index (χ1) is 7.08. The number of aliphatic hydroxyl groups excluding tert-OH is 2. The molecule has 0 spiro atoms. The molecule has 1 aliphatic heterocycles. The van der Waals surface area contributed by atoms with Gasteiger partial charge >= 0.3 is 0 Å². The summed E-state index contributed by atoms with van der Waals surface area (Å²) in [7, 11) is 0. The first kappa shape index (κ1) is 10.9. The molecule has 2 unspecified atom stereocenters. The molecule has 82 valence electrons. The van der Waals surface area contributed by atoms with Crippen molar-refractivity contribution in [2.45, 2.75) is 19.1 Å². The lowest BCUT2D eigenvalue weighted by atomic mass is 10.3. The second-order valence-corrected chi connectivity index (χ2v) is 4.63. The molecule has 2 rings (SSSR count). The molecule has 1 fully saturated rings. The Morgan fingerprint density at radius 1 is 1.33 bits per heavy atom. The Hall–Kier alpha value is -0.650. The van der Waals surface area contributed by atoms with Crippen LogP contribution in [0.15, 0.2) is 16.6 Å². The fraction of sp³-hybridized carbons (Fsp3) is 0.500. The maximum Gasteiger partial charge on any atom is 0.129 e. The smallest absolute Gasteiger partial charge is 0.129 e. The van der Waals surface area contributed by atoms with Gasteiger partial charge in [0.15, 0.2) is 0 Å². The lowest BCUT2D eigenvalue weighted by Gasteiger charge is -2.16. The molecule has 1 saturated heterocycles. The van der Waals surface area contributed by atoms with Crippen LogP contribution >= 0.6 is 15.9 Å². The number of rotatable bonds is 1. The second kappa shape index (κ2) is 4.08. The molecule has 2 atom stereocenters. The molecule has 0 aromatic carbocycles. The molecular weight excluding hydrogens is 260 g/mol. The molecule has 0 amide bonds. The average Bonchev–Trinajstić information content (AvgIpc) is 2.52. The summed E-state index contributed by atoms with van der Waals surface area (Å²) >= 11 is 3.38. The standard InChI is InChI=1S/C10H13BrN2O2/c1-6-7(11)2-3-10(12-6)13-4-8(14)9(15)5-13/h2-3,8-9,14-15H,4-5H2,1H3. The van der Waals surface area contributed by atoms with E-state index in [4.69, 9.17) is 0 Å². The van der Waals surface area contributed by atoms with Gasteiger partial charge in [-0.3, -0.25) is 0 Å². The summed E-state index contributed by atoms with van der Waals surface area (Å²) in [6.07, 6.45) is -1.34. The van der Waals surface area contributed by atoms with Crippen LogP contribution in [0.4, 0.5) is 5.82 Å². The van der Waals surface area contributed by atoms with Crippen LogP contribution < -0.4 is 4.90 Å². The van der Waals surface area contributed by atoms with Gasteiger partial charge in [-0.1, -0.05) is 0 Å². The number of anilines is 1. The number of aromatic nitrogens is 1. The fourth-order valence-corrected chi connectivity index (χ4v) is 1.88. The molecule has 15 heavy (non-hydrogen) atoms. The molecular formula is C10H13BrN2O2. The number of pyridine rings is 1. The van der Waals surface area contributed by atoms with Crippen LogP contribution in [0.3, 0.4) is 0 Å². The Labute approximate surface area is 96.7 Å². The first-order valence-electron chi connectivity index (χ1n) is 4.82. The molecule has 5 heteroatoms. The van der Waals surface area contributed by atoms with Gasteiger partial charge in [-0.05, 0) is 35.0 Å². The number of aryl methyl sites for hydroxylation is 1. The van der Waals surface area contributed by atoms with Crippen LogP contribution in [0, 0.1) is 6.92 Å². The van der Waals surface area contributed by atoms with E-state index in [1.807, 2.05) is 24.0 Å². The summed E-state index contributed by atoms with van der Waals surface area (Å²) in [5, 5.41) is 18.8. The van der Waals surface area contributed by atoms with Gasteiger partial charge in [0.2, 0.25) is 0 Å². The minimum atomic E-state index is -0.671. The lowest BCUT2D eigenvalue weighted by Crippen LogP contribution is -2.22. The molecule has 2 heterocycles. The molecule has 1 aromatic rings. The third kappa shape index (κ3) is 2.14. The van der Waals surface area contributed by atoms with Gasteiger partial charge < -0.3 is 15.1 Å². The van der Waals surface area contributed by atoms with Crippen molar-refractivity contribution in [3.8, 4) is 0 Å². The Morgan fingerprint density at radius 3 is 2.47 bits per heavy atom.